The third-order valence-corrected chi connectivity index (χ3v) is 2.57. The normalized spacial score (nSPS) is 10.3. The van der Waals surface area contributed by atoms with Crippen molar-refractivity contribution < 1.29 is 9.72 Å². The van der Waals surface area contributed by atoms with Crippen molar-refractivity contribution in [2.24, 2.45) is 0 Å². The lowest BCUT2D eigenvalue weighted by Gasteiger charge is -2.07. The van der Waals surface area contributed by atoms with Gasteiger partial charge in [-0.3, -0.25) is 14.9 Å². The van der Waals surface area contributed by atoms with Crippen LogP contribution in [0.1, 0.15) is 12.0 Å². The molecule has 0 atom stereocenters. The summed E-state index contributed by atoms with van der Waals surface area (Å²) in [5, 5.41) is 22.2. The molecule has 0 heterocycles. The van der Waals surface area contributed by atoms with Gasteiger partial charge in [0, 0.05) is 12.1 Å². The molecule has 21 heavy (non-hydrogen) atoms. The molecule has 6 heteroatoms. The number of nitro groups is 1. The second-order valence-electron chi connectivity index (χ2n) is 4.01. The zero-order valence-electron chi connectivity index (χ0n) is 11.2. The summed E-state index contributed by atoms with van der Waals surface area (Å²) < 4.78 is 0. The van der Waals surface area contributed by atoms with Crippen molar-refractivity contribution in [1.82, 2.24) is 0 Å². The second kappa shape index (κ2) is 7.40. The minimum absolute atomic E-state index is 0.0308. The van der Waals surface area contributed by atoms with Gasteiger partial charge >= 0.3 is 0 Å². The third kappa shape index (κ3) is 4.44. The van der Waals surface area contributed by atoms with Gasteiger partial charge in [-0.1, -0.05) is 31.4 Å². The Kier molecular flexibility index (Phi) is 5.59. The summed E-state index contributed by atoms with van der Waals surface area (Å²) in [4.78, 5) is 22.0. The Morgan fingerprint density at radius 2 is 2.19 bits per heavy atom. The number of nitro benzene ring substituents is 1. The minimum Gasteiger partial charge on any atom is -0.324 e. The minimum atomic E-state index is -0.594. The topological polar surface area (TPSA) is 96.0 Å². The van der Waals surface area contributed by atoms with Gasteiger partial charge in [-0.2, -0.15) is 5.26 Å². The molecular weight excluding hydrogens is 270 g/mol. The van der Waals surface area contributed by atoms with Gasteiger partial charge in [0.15, 0.2) is 0 Å². The lowest BCUT2D eigenvalue weighted by atomic mass is 10.1. The van der Waals surface area contributed by atoms with Crippen LogP contribution in [0.2, 0.25) is 0 Å². The Morgan fingerprint density at radius 3 is 2.71 bits per heavy atom. The Bertz CT molecular complexity index is 669. The zero-order valence-corrected chi connectivity index (χ0v) is 11.2. The molecule has 1 N–H and O–H groups in total. The van der Waals surface area contributed by atoms with Crippen molar-refractivity contribution in [3.8, 4) is 6.07 Å². The predicted molar refractivity (Wildman–Crippen MR) is 79.5 cm³/mol. The average molecular weight is 283 g/mol. The van der Waals surface area contributed by atoms with E-state index < -0.39 is 10.8 Å². The number of nitrogens with zero attached hydrogens (tertiary/aromatic N) is 2. The highest BCUT2D eigenvalue weighted by atomic mass is 16.6. The van der Waals surface area contributed by atoms with Crippen molar-refractivity contribution in [1.29, 1.82) is 5.26 Å². The summed E-state index contributed by atoms with van der Waals surface area (Å²) >= 11 is 0. The van der Waals surface area contributed by atoms with Crippen molar-refractivity contribution >= 4 is 17.3 Å². The Balaban J connectivity index is 2.98. The zero-order chi connectivity index (χ0) is 15.8. The molecule has 1 rings (SSSR count). The van der Waals surface area contributed by atoms with Crippen LogP contribution >= 0.6 is 0 Å². The maximum atomic E-state index is 11.9. The molecule has 0 aromatic heterocycles. The third-order valence-electron chi connectivity index (χ3n) is 2.57. The van der Waals surface area contributed by atoms with Gasteiger partial charge in [0.2, 0.25) is 5.91 Å². The van der Waals surface area contributed by atoms with E-state index in [0.717, 1.165) is 6.07 Å². The lowest BCUT2D eigenvalue weighted by molar-refractivity contribution is -0.384. The number of non-ortho nitro benzene ring substituents is 1. The Labute approximate surface area is 121 Å². The summed E-state index contributed by atoms with van der Waals surface area (Å²) in [7, 11) is 0. The van der Waals surface area contributed by atoms with Gasteiger partial charge in [0.1, 0.15) is 6.07 Å². The summed E-state index contributed by atoms with van der Waals surface area (Å²) in [6, 6.07) is 5.53. The summed E-state index contributed by atoms with van der Waals surface area (Å²) in [5.41, 5.74) is 0.710. The first-order valence-corrected chi connectivity index (χ1v) is 5.94. The van der Waals surface area contributed by atoms with Crippen LogP contribution in [0.25, 0.3) is 0 Å². The number of carbonyl (C=O) groups excluding carboxylic acids is 1. The van der Waals surface area contributed by atoms with Gasteiger partial charge in [0.05, 0.1) is 22.6 Å². The number of carbonyl (C=O) groups is 1. The highest BCUT2D eigenvalue weighted by Gasteiger charge is 2.13. The van der Waals surface area contributed by atoms with E-state index in [0.29, 0.717) is 5.57 Å². The first-order chi connectivity index (χ1) is 10.0. The van der Waals surface area contributed by atoms with Crippen LogP contribution in [-0.4, -0.2) is 10.8 Å². The average Bonchev–Trinajstić information content (AvgIpc) is 2.46. The van der Waals surface area contributed by atoms with Gasteiger partial charge in [-0.15, -0.1) is 0 Å². The molecule has 6 nitrogen and oxygen atoms in total. The smallest absolute Gasteiger partial charge is 0.271 e. The van der Waals surface area contributed by atoms with Crippen LogP contribution in [0, 0.1) is 21.4 Å². The van der Waals surface area contributed by atoms with Gasteiger partial charge < -0.3 is 5.32 Å². The van der Waals surface area contributed by atoms with E-state index in [4.69, 9.17) is 5.26 Å². The molecule has 1 aromatic carbocycles. The molecule has 106 valence electrons. The first-order valence-electron chi connectivity index (χ1n) is 5.94. The number of nitriles is 1. The fourth-order valence-electron chi connectivity index (χ4n) is 1.58. The monoisotopic (exact) mass is 283 g/mol. The molecule has 0 radical (unpaired) electrons. The van der Waals surface area contributed by atoms with Crippen molar-refractivity contribution in [3.63, 3.8) is 0 Å². The number of hydrogen-bond donors (Lipinski definition) is 1. The first kappa shape index (κ1) is 15.9. The molecule has 0 saturated heterocycles. The van der Waals surface area contributed by atoms with Crippen molar-refractivity contribution in [3.05, 3.63) is 70.8 Å². The van der Waals surface area contributed by atoms with E-state index in [1.54, 1.807) is 6.08 Å². The van der Waals surface area contributed by atoms with Crippen LogP contribution < -0.4 is 5.32 Å². The lowest BCUT2D eigenvalue weighted by Crippen LogP contribution is -2.13. The number of benzene rings is 1. The summed E-state index contributed by atoms with van der Waals surface area (Å²) in [5.74, 6) is -0.403. The number of allylic oxidation sites excluding steroid dienone is 3. The van der Waals surface area contributed by atoms with Gasteiger partial charge in [-0.05, 0) is 11.6 Å². The summed E-state index contributed by atoms with van der Waals surface area (Å²) in [6.45, 7) is 7.10. The Morgan fingerprint density at radius 1 is 1.48 bits per heavy atom. The maximum absolute atomic E-state index is 11.9. The molecule has 0 spiro atoms. The molecule has 0 saturated carbocycles. The molecule has 0 aliphatic heterocycles. The van der Waals surface area contributed by atoms with E-state index in [2.05, 4.69) is 18.5 Å². The van der Waals surface area contributed by atoms with Crippen LogP contribution in [0.3, 0.4) is 0 Å². The van der Waals surface area contributed by atoms with Gasteiger partial charge in [-0.25, -0.2) is 0 Å². The second-order valence-corrected chi connectivity index (χ2v) is 4.01. The highest BCUT2D eigenvalue weighted by Crippen LogP contribution is 2.22. The standard InChI is InChI=1S/C15H13N3O3/c1-3-5-11(4-2)8-15(19)17-14-9-13(18(20)21)7-6-12(14)10-16/h3-7,9H,1-2,8H2,(H,17,19)/b11-5+. The molecular formula is C15H13N3O3. The predicted octanol–water partition coefficient (Wildman–Crippen LogP) is 3.09. The van der Waals surface area contributed by atoms with Gasteiger partial charge in [0.25, 0.3) is 5.69 Å². The van der Waals surface area contributed by atoms with Crippen molar-refractivity contribution in [2.75, 3.05) is 5.32 Å². The van der Waals surface area contributed by atoms with Crippen molar-refractivity contribution in [2.45, 2.75) is 6.42 Å². The molecule has 0 bridgehead atoms. The van der Waals surface area contributed by atoms with E-state index in [1.807, 2.05) is 6.07 Å². The molecule has 0 unspecified atom stereocenters. The fraction of sp³-hybridized carbons (Fsp3) is 0.0667. The van der Waals surface area contributed by atoms with E-state index >= 15 is 0 Å². The quantitative estimate of drug-likeness (QED) is 0.493. The fourth-order valence-corrected chi connectivity index (χ4v) is 1.58. The number of hydrogen-bond acceptors (Lipinski definition) is 4. The number of anilines is 1. The van der Waals surface area contributed by atoms with E-state index in [1.165, 1.54) is 24.3 Å². The molecule has 0 aliphatic carbocycles. The van der Waals surface area contributed by atoms with Crippen LogP contribution in [-0.2, 0) is 4.79 Å². The molecule has 0 aliphatic rings. The van der Waals surface area contributed by atoms with Crippen LogP contribution in [0.15, 0.2) is 55.2 Å². The number of amides is 1. The molecule has 1 aromatic rings. The largest absolute Gasteiger partial charge is 0.324 e. The van der Waals surface area contributed by atoms with Crippen LogP contribution in [0.5, 0.6) is 0 Å². The molecule has 1 amide bonds. The van der Waals surface area contributed by atoms with E-state index in [-0.39, 0.29) is 23.4 Å². The number of nitrogens with one attached hydrogen (secondary N) is 1. The SMILES string of the molecule is C=C/C=C(\C=C)CC(=O)Nc1cc([N+](=O)[O-])ccc1C#N. The Hall–Kier alpha value is -3.20. The maximum Gasteiger partial charge on any atom is 0.271 e. The molecule has 0 fully saturated rings. The van der Waals surface area contributed by atoms with Crippen LogP contribution in [0.4, 0.5) is 11.4 Å². The number of rotatable bonds is 6. The highest BCUT2D eigenvalue weighted by molar-refractivity contribution is 5.94. The summed E-state index contributed by atoms with van der Waals surface area (Å²) in [6.07, 6.45) is 4.70. The van der Waals surface area contributed by atoms with E-state index in [9.17, 15) is 14.9 Å².